The van der Waals surface area contributed by atoms with E-state index in [1.807, 2.05) is 38.1 Å². The number of nitrogens with zero attached hydrogens (tertiary/aromatic N) is 3. The number of hydroxylamine groups is 6. The topological polar surface area (TPSA) is 216 Å². The summed E-state index contributed by atoms with van der Waals surface area (Å²) < 4.78 is 0. The van der Waals surface area contributed by atoms with Crippen LogP contribution >= 0.6 is 24.4 Å². The number of thiocarbonyl (C=S) groups is 2. The van der Waals surface area contributed by atoms with Crippen molar-refractivity contribution in [1.29, 1.82) is 0 Å². The minimum atomic E-state index is -0.557. The Morgan fingerprint density at radius 3 is 1.37 bits per heavy atom. The number of benzene rings is 1. The van der Waals surface area contributed by atoms with E-state index in [0.29, 0.717) is 84.9 Å². The summed E-state index contributed by atoms with van der Waals surface area (Å²) in [5.41, 5.74) is 1.76. The Morgan fingerprint density at radius 1 is 0.574 bits per heavy atom. The van der Waals surface area contributed by atoms with E-state index in [-0.39, 0.29) is 63.0 Å². The molecule has 0 heterocycles. The Morgan fingerprint density at radius 2 is 0.963 bits per heavy atom. The molecule has 304 valence electrons. The van der Waals surface area contributed by atoms with E-state index in [2.05, 4.69) is 26.6 Å². The maximum absolute atomic E-state index is 12.2. The summed E-state index contributed by atoms with van der Waals surface area (Å²) in [5, 5.41) is 46.6. The summed E-state index contributed by atoms with van der Waals surface area (Å²) in [5.74, 6) is -1.85. The number of carbonyl (C=O) groups excluding carboxylic acids is 5. The zero-order valence-corrected chi connectivity index (χ0v) is 33.5. The van der Waals surface area contributed by atoms with E-state index in [1.165, 1.54) is 6.92 Å². The SMILES string of the molecule is CC(=O)N(O)CCCCCNC(=O)CCC(=O)N(O)CCCCCNC(=O)CCC(=O)N(O)CCCCCNC(=S)Nc1ccc(NC(=S)C(C)C)cc1. The molecule has 0 unspecified atom stereocenters. The summed E-state index contributed by atoms with van der Waals surface area (Å²) in [4.78, 5) is 60.1. The molecule has 0 saturated carbocycles. The molecule has 0 aliphatic heterocycles. The fraction of sp³-hybridized carbons (Fsp3) is 0.639. The summed E-state index contributed by atoms with van der Waals surface area (Å²) in [7, 11) is 0. The van der Waals surface area contributed by atoms with Crippen molar-refractivity contribution >= 4 is 75.4 Å². The smallest absolute Gasteiger partial charge is 0.246 e. The van der Waals surface area contributed by atoms with Crippen molar-refractivity contribution < 1.29 is 39.6 Å². The number of amides is 5. The molecule has 0 spiro atoms. The Kier molecular flexibility index (Phi) is 25.3. The lowest BCUT2D eigenvalue weighted by atomic mass is 10.2. The van der Waals surface area contributed by atoms with Crippen molar-refractivity contribution in [2.24, 2.45) is 5.92 Å². The van der Waals surface area contributed by atoms with Crippen molar-refractivity contribution in [3.8, 4) is 0 Å². The Bertz CT molecular complexity index is 1340. The minimum Gasteiger partial charge on any atom is -0.362 e. The molecule has 0 saturated heterocycles. The van der Waals surface area contributed by atoms with Crippen molar-refractivity contribution in [2.45, 2.75) is 104 Å². The zero-order valence-electron chi connectivity index (χ0n) is 31.9. The molecule has 0 fully saturated rings. The number of hydrogen-bond acceptors (Lipinski definition) is 10. The first-order valence-corrected chi connectivity index (χ1v) is 19.5. The molecule has 1 rings (SSSR count). The molecule has 54 heavy (non-hydrogen) atoms. The van der Waals surface area contributed by atoms with Crippen LogP contribution in [0.25, 0.3) is 0 Å². The first kappa shape index (κ1) is 48.0. The van der Waals surface area contributed by atoms with Crippen LogP contribution in [0.5, 0.6) is 0 Å². The quantitative estimate of drug-likeness (QED) is 0.0270. The predicted molar refractivity (Wildman–Crippen MR) is 214 cm³/mol. The first-order chi connectivity index (χ1) is 25.7. The number of rotatable bonds is 27. The largest absolute Gasteiger partial charge is 0.362 e. The van der Waals surface area contributed by atoms with Crippen LogP contribution in [0.15, 0.2) is 24.3 Å². The van der Waals surface area contributed by atoms with Crippen LogP contribution in [0.2, 0.25) is 0 Å². The van der Waals surface area contributed by atoms with Crippen LogP contribution in [-0.2, 0) is 24.0 Å². The van der Waals surface area contributed by atoms with Gasteiger partial charge in [-0.05, 0) is 94.3 Å². The van der Waals surface area contributed by atoms with Gasteiger partial charge in [-0.3, -0.25) is 39.6 Å². The van der Waals surface area contributed by atoms with Crippen molar-refractivity contribution in [3.05, 3.63) is 24.3 Å². The van der Waals surface area contributed by atoms with Gasteiger partial charge in [-0.2, -0.15) is 0 Å². The second kappa shape index (κ2) is 28.5. The lowest BCUT2D eigenvalue weighted by Gasteiger charge is -2.15. The number of unbranched alkanes of at least 4 members (excludes halogenated alkanes) is 6. The molecule has 1 aromatic rings. The summed E-state index contributed by atoms with van der Waals surface area (Å²) in [6.07, 6.45) is 5.50. The maximum Gasteiger partial charge on any atom is 0.246 e. The first-order valence-electron chi connectivity index (χ1n) is 18.6. The fourth-order valence-corrected chi connectivity index (χ4v) is 5.07. The van der Waals surface area contributed by atoms with E-state index >= 15 is 0 Å². The van der Waals surface area contributed by atoms with Gasteiger partial charge in [0.2, 0.25) is 29.5 Å². The summed E-state index contributed by atoms with van der Waals surface area (Å²) in [6, 6.07) is 7.66. The third kappa shape index (κ3) is 23.6. The maximum atomic E-state index is 12.2. The highest BCUT2D eigenvalue weighted by Gasteiger charge is 2.14. The van der Waals surface area contributed by atoms with Crippen molar-refractivity contribution in [1.82, 2.24) is 31.1 Å². The van der Waals surface area contributed by atoms with Gasteiger partial charge in [0.1, 0.15) is 0 Å². The van der Waals surface area contributed by atoms with Crippen LogP contribution < -0.4 is 26.6 Å². The lowest BCUT2D eigenvalue weighted by Crippen LogP contribution is -2.31. The highest BCUT2D eigenvalue weighted by molar-refractivity contribution is 7.80. The molecule has 16 nitrogen and oxygen atoms in total. The normalized spacial score (nSPS) is 10.6. The highest BCUT2D eigenvalue weighted by Crippen LogP contribution is 2.15. The van der Waals surface area contributed by atoms with E-state index < -0.39 is 17.7 Å². The van der Waals surface area contributed by atoms with Gasteiger partial charge in [0.25, 0.3) is 0 Å². The molecule has 1 aromatic carbocycles. The molecule has 0 atom stereocenters. The molecule has 8 N–H and O–H groups in total. The van der Waals surface area contributed by atoms with Crippen LogP contribution in [0.3, 0.4) is 0 Å². The Balaban J connectivity index is 2.03. The third-order valence-electron chi connectivity index (χ3n) is 8.08. The van der Waals surface area contributed by atoms with Gasteiger partial charge in [0.05, 0.1) is 4.99 Å². The number of anilines is 2. The molecular weight excluding hydrogens is 737 g/mol. The lowest BCUT2D eigenvalue weighted by molar-refractivity contribution is -0.166. The molecule has 0 aromatic heterocycles. The Labute approximate surface area is 329 Å². The van der Waals surface area contributed by atoms with Gasteiger partial charge < -0.3 is 26.6 Å². The molecule has 0 radical (unpaired) electrons. The van der Waals surface area contributed by atoms with Gasteiger partial charge in [0, 0.05) is 89.2 Å². The standard InChI is InChI=1S/C36H60N8O8S2/c1-27(2)35(53)40-29-13-15-30(16-14-29)41-36(54)39-23-9-6-12-26-44(52)34(49)20-18-32(47)38-22-8-5-11-25-43(51)33(48)19-17-31(46)37-21-7-4-10-24-42(50)28(3)45/h13-16,27,50-52H,4-12,17-26H2,1-3H3,(H,37,46)(H,38,47)(H,40,53)(H2,39,41,54). The molecule has 0 bridgehead atoms. The van der Waals surface area contributed by atoms with Gasteiger partial charge in [-0.1, -0.05) is 26.1 Å². The molecule has 0 aliphatic rings. The Hall–Kier alpha value is -3.97. The number of carbonyl (C=O) groups is 5. The molecule has 18 heteroatoms. The second-order valence-corrected chi connectivity index (χ2v) is 14.0. The van der Waals surface area contributed by atoms with Gasteiger partial charge in [-0.25, -0.2) is 15.2 Å². The van der Waals surface area contributed by atoms with E-state index in [1.54, 1.807) is 0 Å². The van der Waals surface area contributed by atoms with Crippen LogP contribution in [0.1, 0.15) is 104 Å². The van der Waals surface area contributed by atoms with Gasteiger partial charge in [0.15, 0.2) is 5.11 Å². The van der Waals surface area contributed by atoms with Crippen molar-refractivity contribution in [3.63, 3.8) is 0 Å². The zero-order chi connectivity index (χ0) is 40.3. The monoisotopic (exact) mass is 796 g/mol. The fourth-order valence-electron chi connectivity index (χ4n) is 4.73. The molecule has 5 amide bonds. The summed E-state index contributed by atoms with van der Waals surface area (Å²) >= 11 is 10.7. The second-order valence-electron chi connectivity index (χ2n) is 13.2. The van der Waals surface area contributed by atoms with Crippen LogP contribution in [0.4, 0.5) is 11.4 Å². The predicted octanol–water partition coefficient (Wildman–Crippen LogP) is 4.35. The van der Waals surface area contributed by atoms with Crippen LogP contribution in [-0.4, -0.2) is 110 Å². The number of nitrogens with one attached hydrogen (secondary N) is 5. The van der Waals surface area contributed by atoms with E-state index in [0.717, 1.165) is 29.2 Å². The summed E-state index contributed by atoms with van der Waals surface area (Å²) in [6.45, 7) is 7.24. The van der Waals surface area contributed by atoms with Crippen LogP contribution in [0, 0.1) is 5.92 Å². The van der Waals surface area contributed by atoms with E-state index in [9.17, 15) is 39.6 Å². The highest BCUT2D eigenvalue weighted by atomic mass is 32.1. The average Bonchev–Trinajstić information content (AvgIpc) is 3.13. The molecular formula is C36H60N8O8S2. The molecule has 0 aliphatic carbocycles. The van der Waals surface area contributed by atoms with E-state index in [4.69, 9.17) is 24.4 Å². The third-order valence-corrected chi connectivity index (χ3v) is 8.90. The van der Waals surface area contributed by atoms with Gasteiger partial charge in [-0.15, -0.1) is 0 Å². The van der Waals surface area contributed by atoms with Gasteiger partial charge >= 0.3 is 0 Å². The average molecular weight is 797 g/mol. The minimum absolute atomic E-state index is 0.0506. The number of hydrogen-bond donors (Lipinski definition) is 8. The van der Waals surface area contributed by atoms with Crippen molar-refractivity contribution in [2.75, 3.05) is 49.9 Å².